The van der Waals surface area contributed by atoms with Gasteiger partial charge in [-0.2, -0.15) is 5.26 Å². The lowest BCUT2D eigenvalue weighted by Gasteiger charge is -2.20. The summed E-state index contributed by atoms with van der Waals surface area (Å²) >= 11 is 0. The van der Waals surface area contributed by atoms with E-state index in [0.29, 0.717) is 13.0 Å². The van der Waals surface area contributed by atoms with Gasteiger partial charge in [0.15, 0.2) is 0 Å². The van der Waals surface area contributed by atoms with Crippen LogP contribution in [0.15, 0.2) is 24.3 Å². The fourth-order valence-corrected chi connectivity index (χ4v) is 1.92. The Balaban J connectivity index is 2.70. The van der Waals surface area contributed by atoms with Crippen LogP contribution in [0.3, 0.4) is 0 Å². The van der Waals surface area contributed by atoms with Crippen molar-refractivity contribution < 1.29 is 9.53 Å². The zero-order valence-corrected chi connectivity index (χ0v) is 11.7. The fourth-order valence-electron chi connectivity index (χ4n) is 1.92. The van der Waals surface area contributed by atoms with Crippen molar-refractivity contribution in [2.45, 2.75) is 26.3 Å². The van der Waals surface area contributed by atoms with E-state index in [2.05, 4.69) is 6.07 Å². The Morgan fingerprint density at radius 3 is 2.84 bits per heavy atom. The van der Waals surface area contributed by atoms with E-state index in [1.54, 1.807) is 19.1 Å². The zero-order chi connectivity index (χ0) is 14.3. The Hall–Kier alpha value is -2.02. The van der Waals surface area contributed by atoms with Gasteiger partial charge in [-0.1, -0.05) is 25.5 Å². The lowest BCUT2D eigenvalue weighted by molar-refractivity contribution is -0.133. The highest BCUT2D eigenvalue weighted by atomic mass is 16.5. The van der Waals surface area contributed by atoms with E-state index in [0.717, 1.165) is 17.7 Å². The number of nitriles is 1. The van der Waals surface area contributed by atoms with E-state index in [1.165, 1.54) is 0 Å². The van der Waals surface area contributed by atoms with Gasteiger partial charge in [-0.3, -0.25) is 4.79 Å². The van der Waals surface area contributed by atoms with Crippen LogP contribution in [0.1, 0.15) is 25.3 Å². The van der Waals surface area contributed by atoms with E-state index < -0.39 is 5.92 Å². The second kappa shape index (κ2) is 7.42. The summed E-state index contributed by atoms with van der Waals surface area (Å²) in [4.78, 5) is 13.7. The molecule has 1 atom stereocenters. The third-order valence-electron chi connectivity index (χ3n) is 2.96. The third kappa shape index (κ3) is 4.29. The van der Waals surface area contributed by atoms with Crippen LogP contribution in [-0.4, -0.2) is 25.0 Å². The molecule has 0 saturated heterocycles. The van der Waals surface area contributed by atoms with Gasteiger partial charge in [0, 0.05) is 13.6 Å². The summed E-state index contributed by atoms with van der Waals surface area (Å²) in [5.74, 6) is 0.108. The van der Waals surface area contributed by atoms with Crippen molar-refractivity contribution in [3.63, 3.8) is 0 Å². The highest BCUT2D eigenvalue weighted by Gasteiger charge is 2.20. The van der Waals surface area contributed by atoms with Gasteiger partial charge in [-0.15, -0.1) is 0 Å². The first-order valence-electron chi connectivity index (χ1n) is 6.39. The van der Waals surface area contributed by atoms with Crippen molar-refractivity contribution in [1.29, 1.82) is 5.26 Å². The van der Waals surface area contributed by atoms with Crippen LogP contribution < -0.4 is 4.74 Å². The molecule has 1 aromatic carbocycles. The summed E-state index contributed by atoms with van der Waals surface area (Å²) in [5.41, 5.74) is 0.989. The van der Waals surface area contributed by atoms with Crippen molar-refractivity contribution in [1.82, 2.24) is 4.90 Å². The maximum absolute atomic E-state index is 12.1. The summed E-state index contributed by atoms with van der Waals surface area (Å²) in [7, 11) is 3.34. The van der Waals surface area contributed by atoms with Crippen LogP contribution in [-0.2, 0) is 11.3 Å². The average molecular weight is 260 g/mol. The number of carbonyl (C=O) groups is 1. The maximum Gasteiger partial charge on any atom is 0.239 e. The molecule has 0 radical (unpaired) electrons. The van der Waals surface area contributed by atoms with Gasteiger partial charge in [0.1, 0.15) is 11.7 Å². The summed E-state index contributed by atoms with van der Waals surface area (Å²) in [6.45, 7) is 2.46. The molecule has 19 heavy (non-hydrogen) atoms. The van der Waals surface area contributed by atoms with Crippen molar-refractivity contribution in [2.75, 3.05) is 14.2 Å². The first-order chi connectivity index (χ1) is 9.12. The van der Waals surface area contributed by atoms with Crippen LogP contribution in [0.25, 0.3) is 0 Å². The van der Waals surface area contributed by atoms with Gasteiger partial charge in [0.25, 0.3) is 0 Å². The smallest absolute Gasteiger partial charge is 0.239 e. The molecular weight excluding hydrogens is 240 g/mol. The predicted molar refractivity (Wildman–Crippen MR) is 73.5 cm³/mol. The molecule has 102 valence electrons. The number of nitrogens with zero attached hydrogens (tertiary/aromatic N) is 2. The Kier molecular flexibility index (Phi) is 5.87. The minimum Gasteiger partial charge on any atom is -0.497 e. The Morgan fingerprint density at radius 1 is 1.53 bits per heavy atom. The summed E-state index contributed by atoms with van der Waals surface area (Å²) in [6, 6.07) is 9.66. The molecule has 0 aliphatic heterocycles. The lowest BCUT2D eigenvalue weighted by atomic mass is 10.0. The monoisotopic (exact) mass is 260 g/mol. The van der Waals surface area contributed by atoms with Crippen LogP contribution >= 0.6 is 0 Å². The quantitative estimate of drug-likeness (QED) is 0.790. The molecule has 1 aromatic rings. The van der Waals surface area contributed by atoms with E-state index in [1.807, 2.05) is 31.2 Å². The molecule has 1 rings (SSSR count). The summed E-state index contributed by atoms with van der Waals surface area (Å²) in [5, 5.41) is 9.01. The number of hydrogen-bond acceptors (Lipinski definition) is 3. The van der Waals surface area contributed by atoms with Crippen LogP contribution in [0.5, 0.6) is 5.75 Å². The van der Waals surface area contributed by atoms with Gasteiger partial charge < -0.3 is 9.64 Å². The van der Waals surface area contributed by atoms with Gasteiger partial charge >= 0.3 is 0 Å². The van der Waals surface area contributed by atoms with Gasteiger partial charge in [-0.05, 0) is 24.1 Å². The highest BCUT2D eigenvalue weighted by molar-refractivity contribution is 5.80. The summed E-state index contributed by atoms with van der Waals surface area (Å²) in [6.07, 6.45) is 1.44. The molecule has 4 heteroatoms. The standard InChI is InChI=1S/C15H20N2O2/c1-4-6-13(10-16)15(18)17(2)11-12-7-5-8-14(9-12)19-3/h5,7-9,13H,4,6,11H2,1-3H3. The molecule has 1 unspecified atom stereocenters. The number of methoxy groups -OCH3 is 1. The van der Waals surface area contributed by atoms with Gasteiger partial charge in [0.2, 0.25) is 5.91 Å². The molecule has 0 spiro atoms. The normalized spacial score (nSPS) is 11.5. The third-order valence-corrected chi connectivity index (χ3v) is 2.96. The average Bonchev–Trinajstić information content (AvgIpc) is 2.44. The molecule has 0 bridgehead atoms. The zero-order valence-electron chi connectivity index (χ0n) is 11.7. The van der Waals surface area contributed by atoms with Gasteiger partial charge in [-0.25, -0.2) is 0 Å². The molecule has 0 fully saturated rings. The van der Waals surface area contributed by atoms with Crippen molar-refractivity contribution in [3.05, 3.63) is 29.8 Å². The first-order valence-corrected chi connectivity index (χ1v) is 6.39. The fraction of sp³-hybridized carbons (Fsp3) is 0.467. The minimum absolute atomic E-state index is 0.118. The number of benzene rings is 1. The lowest BCUT2D eigenvalue weighted by Crippen LogP contribution is -2.31. The number of amides is 1. The molecule has 0 aliphatic carbocycles. The Morgan fingerprint density at radius 2 is 2.26 bits per heavy atom. The molecule has 0 aliphatic rings. The van der Waals surface area contributed by atoms with Crippen molar-refractivity contribution >= 4 is 5.91 Å². The maximum atomic E-state index is 12.1. The SMILES string of the molecule is CCCC(C#N)C(=O)N(C)Cc1cccc(OC)c1. The van der Waals surface area contributed by atoms with E-state index in [9.17, 15) is 4.79 Å². The number of rotatable bonds is 6. The second-order valence-electron chi connectivity index (χ2n) is 4.52. The van der Waals surface area contributed by atoms with Gasteiger partial charge in [0.05, 0.1) is 13.2 Å². The molecule has 0 aromatic heterocycles. The molecule has 4 nitrogen and oxygen atoms in total. The van der Waals surface area contributed by atoms with Crippen LogP contribution in [0.2, 0.25) is 0 Å². The van der Waals surface area contributed by atoms with Crippen molar-refractivity contribution in [2.24, 2.45) is 5.92 Å². The minimum atomic E-state index is -0.541. The van der Waals surface area contributed by atoms with E-state index in [4.69, 9.17) is 10.00 Å². The van der Waals surface area contributed by atoms with Crippen molar-refractivity contribution in [3.8, 4) is 11.8 Å². The Bertz CT molecular complexity index is 465. The number of hydrogen-bond donors (Lipinski definition) is 0. The largest absolute Gasteiger partial charge is 0.497 e. The summed E-state index contributed by atoms with van der Waals surface area (Å²) < 4.78 is 5.15. The van der Waals surface area contributed by atoms with Crippen LogP contribution in [0.4, 0.5) is 0 Å². The first kappa shape index (κ1) is 15.0. The number of carbonyl (C=O) groups excluding carboxylic acids is 1. The molecular formula is C15H20N2O2. The second-order valence-corrected chi connectivity index (χ2v) is 4.52. The highest BCUT2D eigenvalue weighted by Crippen LogP contribution is 2.16. The Labute approximate surface area is 114 Å². The van der Waals surface area contributed by atoms with E-state index >= 15 is 0 Å². The van der Waals surface area contributed by atoms with E-state index in [-0.39, 0.29) is 5.91 Å². The molecule has 0 saturated carbocycles. The molecule has 1 amide bonds. The molecule has 0 N–H and O–H groups in total. The van der Waals surface area contributed by atoms with Crippen LogP contribution in [0, 0.1) is 17.2 Å². The molecule has 0 heterocycles. The topological polar surface area (TPSA) is 53.3 Å². The number of ether oxygens (including phenoxy) is 1. The predicted octanol–water partition coefficient (Wildman–Crippen LogP) is 2.59.